The lowest BCUT2D eigenvalue weighted by Gasteiger charge is -2.04. The number of H-pyrrole nitrogens is 1. The summed E-state index contributed by atoms with van der Waals surface area (Å²) in [5.74, 6) is -2.00. The lowest BCUT2D eigenvalue weighted by Crippen LogP contribution is -2.16. The average Bonchev–Trinajstić information content (AvgIpc) is 3.02. The van der Waals surface area contributed by atoms with Crippen molar-refractivity contribution < 1.29 is 14.7 Å². The Bertz CT molecular complexity index is 632. The zero-order valence-corrected chi connectivity index (χ0v) is 9.51. The predicted octanol–water partition coefficient (Wildman–Crippen LogP) is 1.83. The van der Waals surface area contributed by atoms with E-state index in [1.807, 2.05) is 24.4 Å². The van der Waals surface area contributed by atoms with E-state index >= 15 is 0 Å². The maximum atomic E-state index is 11.8. The maximum absolute atomic E-state index is 11.8. The summed E-state index contributed by atoms with van der Waals surface area (Å²) in [4.78, 5) is 25.5. The largest absolute Gasteiger partial charge is 0.481 e. The second kappa shape index (κ2) is 3.87. The molecule has 2 atom stereocenters. The van der Waals surface area contributed by atoms with Gasteiger partial charge in [-0.2, -0.15) is 0 Å². The number of rotatable bonds is 3. The Morgan fingerprint density at radius 2 is 2.11 bits per heavy atom. The number of anilines is 1. The molecule has 1 aromatic carbocycles. The van der Waals surface area contributed by atoms with Crippen LogP contribution in [0.15, 0.2) is 30.5 Å². The number of carboxylic acids is 1. The highest BCUT2D eigenvalue weighted by Crippen LogP contribution is 2.39. The minimum atomic E-state index is -0.892. The van der Waals surface area contributed by atoms with Crippen LogP contribution in [0.1, 0.15) is 6.42 Å². The van der Waals surface area contributed by atoms with Gasteiger partial charge >= 0.3 is 5.97 Å². The molecule has 1 aliphatic carbocycles. The van der Waals surface area contributed by atoms with Crippen molar-refractivity contribution in [3.63, 3.8) is 0 Å². The first kappa shape index (κ1) is 10.8. The molecule has 5 nitrogen and oxygen atoms in total. The van der Waals surface area contributed by atoms with E-state index in [0.717, 1.165) is 10.9 Å². The van der Waals surface area contributed by atoms with E-state index in [1.54, 1.807) is 6.07 Å². The molecule has 1 saturated carbocycles. The number of aromatic nitrogens is 1. The van der Waals surface area contributed by atoms with Gasteiger partial charge in [0.1, 0.15) is 0 Å². The van der Waals surface area contributed by atoms with Crippen LogP contribution in [0.4, 0.5) is 5.69 Å². The highest BCUT2D eigenvalue weighted by Gasteiger charge is 2.48. The zero-order valence-electron chi connectivity index (χ0n) is 9.51. The van der Waals surface area contributed by atoms with Crippen LogP contribution in [0, 0.1) is 11.8 Å². The molecule has 0 radical (unpaired) electrons. The standard InChI is InChI=1S/C13H12N2O3/c16-12(9-6-10(9)13(17)18)15-8-1-2-11-7(5-8)3-4-14-11/h1-5,9-10,14H,6H2,(H,15,16)(H,17,18). The van der Waals surface area contributed by atoms with Gasteiger partial charge in [0.2, 0.25) is 5.91 Å². The number of hydrogen-bond acceptors (Lipinski definition) is 2. The molecule has 1 amide bonds. The predicted molar refractivity (Wildman–Crippen MR) is 66.2 cm³/mol. The molecule has 18 heavy (non-hydrogen) atoms. The minimum Gasteiger partial charge on any atom is -0.481 e. The fourth-order valence-corrected chi connectivity index (χ4v) is 2.12. The lowest BCUT2D eigenvalue weighted by atomic mass is 10.2. The van der Waals surface area contributed by atoms with Crippen LogP contribution >= 0.6 is 0 Å². The quantitative estimate of drug-likeness (QED) is 0.770. The number of fused-ring (bicyclic) bond motifs is 1. The number of nitrogens with one attached hydrogen (secondary N) is 2. The van der Waals surface area contributed by atoms with Gasteiger partial charge < -0.3 is 15.4 Å². The third-order valence-electron chi connectivity index (χ3n) is 3.27. The number of carbonyl (C=O) groups is 2. The maximum Gasteiger partial charge on any atom is 0.307 e. The fraction of sp³-hybridized carbons (Fsp3) is 0.231. The van der Waals surface area contributed by atoms with Crippen molar-refractivity contribution in [2.24, 2.45) is 11.8 Å². The lowest BCUT2D eigenvalue weighted by molar-refractivity contribution is -0.139. The third-order valence-corrected chi connectivity index (χ3v) is 3.27. The summed E-state index contributed by atoms with van der Waals surface area (Å²) in [5.41, 5.74) is 1.70. The Kier molecular flexibility index (Phi) is 2.33. The molecule has 3 N–H and O–H groups in total. The van der Waals surface area contributed by atoms with Crippen LogP contribution in [-0.4, -0.2) is 22.0 Å². The highest BCUT2D eigenvalue weighted by molar-refractivity contribution is 5.99. The molecule has 2 aromatic rings. The molecule has 0 aliphatic heterocycles. The molecule has 0 bridgehead atoms. The summed E-state index contributed by atoms with van der Waals surface area (Å²) in [6.45, 7) is 0. The van der Waals surface area contributed by atoms with Gasteiger partial charge in [-0.3, -0.25) is 9.59 Å². The molecule has 0 spiro atoms. The normalized spacial score (nSPS) is 21.8. The summed E-state index contributed by atoms with van der Waals surface area (Å²) in [5, 5.41) is 12.5. The van der Waals surface area contributed by atoms with Gasteiger partial charge in [0.25, 0.3) is 0 Å². The van der Waals surface area contributed by atoms with Gasteiger partial charge in [-0.15, -0.1) is 0 Å². The number of carboxylic acid groups (broad SMARTS) is 1. The van der Waals surface area contributed by atoms with E-state index in [0.29, 0.717) is 12.1 Å². The van der Waals surface area contributed by atoms with Gasteiger partial charge in [0.05, 0.1) is 11.8 Å². The Balaban J connectivity index is 1.72. The third kappa shape index (κ3) is 1.84. The first-order valence-corrected chi connectivity index (χ1v) is 5.76. The Morgan fingerprint density at radius 1 is 1.28 bits per heavy atom. The van der Waals surface area contributed by atoms with E-state index in [9.17, 15) is 9.59 Å². The minimum absolute atomic E-state index is 0.211. The van der Waals surface area contributed by atoms with Crippen molar-refractivity contribution >= 4 is 28.5 Å². The number of carbonyl (C=O) groups excluding carboxylic acids is 1. The molecule has 0 saturated heterocycles. The molecular weight excluding hydrogens is 232 g/mol. The summed E-state index contributed by atoms with van der Waals surface area (Å²) < 4.78 is 0. The summed E-state index contributed by atoms with van der Waals surface area (Å²) in [7, 11) is 0. The molecule has 1 fully saturated rings. The van der Waals surface area contributed by atoms with Crippen LogP contribution < -0.4 is 5.32 Å². The van der Waals surface area contributed by atoms with Crippen molar-refractivity contribution in [2.75, 3.05) is 5.32 Å². The smallest absolute Gasteiger partial charge is 0.307 e. The first-order chi connectivity index (χ1) is 8.65. The van der Waals surface area contributed by atoms with Crippen molar-refractivity contribution in [1.29, 1.82) is 0 Å². The molecular formula is C13H12N2O3. The fourth-order valence-electron chi connectivity index (χ4n) is 2.12. The number of aromatic amines is 1. The summed E-state index contributed by atoms with van der Waals surface area (Å²) >= 11 is 0. The second-order valence-electron chi connectivity index (χ2n) is 4.56. The van der Waals surface area contributed by atoms with E-state index in [1.165, 1.54) is 0 Å². The average molecular weight is 244 g/mol. The van der Waals surface area contributed by atoms with Crippen molar-refractivity contribution in [3.8, 4) is 0 Å². The van der Waals surface area contributed by atoms with E-state index < -0.39 is 11.9 Å². The van der Waals surface area contributed by atoms with Gasteiger partial charge in [-0.25, -0.2) is 0 Å². The number of aliphatic carboxylic acids is 1. The van der Waals surface area contributed by atoms with Crippen LogP contribution in [-0.2, 0) is 9.59 Å². The Morgan fingerprint density at radius 3 is 2.83 bits per heavy atom. The van der Waals surface area contributed by atoms with E-state index in [2.05, 4.69) is 10.3 Å². The second-order valence-corrected chi connectivity index (χ2v) is 4.56. The molecule has 1 heterocycles. The Hall–Kier alpha value is -2.30. The Labute approximate surface area is 103 Å². The molecule has 3 rings (SSSR count). The number of benzene rings is 1. The molecule has 92 valence electrons. The van der Waals surface area contributed by atoms with Gasteiger partial charge in [-0.05, 0) is 30.7 Å². The van der Waals surface area contributed by atoms with E-state index in [-0.39, 0.29) is 11.8 Å². The molecule has 1 aliphatic rings. The zero-order chi connectivity index (χ0) is 12.7. The van der Waals surface area contributed by atoms with Crippen molar-refractivity contribution in [3.05, 3.63) is 30.5 Å². The SMILES string of the molecule is O=C(O)C1CC1C(=O)Nc1ccc2[nH]ccc2c1. The summed E-state index contributed by atoms with van der Waals surface area (Å²) in [6, 6.07) is 7.46. The first-order valence-electron chi connectivity index (χ1n) is 5.76. The summed E-state index contributed by atoms with van der Waals surface area (Å²) in [6.07, 6.45) is 2.27. The molecule has 2 unspecified atom stereocenters. The van der Waals surface area contributed by atoms with Crippen molar-refractivity contribution in [1.82, 2.24) is 4.98 Å². The van der Waals surface area contributed by atoms with Crippen LogP contribution in [0.25, 0.3) is 10.9 Å². The van der Waals surface area contributed by atoms with Gasteiger partial charge in [0, 0.05) is 22.8 Å². The number of amides is 1. The van der Waals surface area contributed by atoms with Crippen LogP contribution in [0.3, 0.4) is 0 Å². The monoisotopic (exact) mass is 244 g/mol. The molecule has 1 aromatic heterocycles. The van der Waals surface area contributed by atoms with Crippen LogP contribution in [0.2, 0.25) is 0 Å². The van der Waals surface area contributed by atoms with Crippen molar-refractivity contribution in [2.45, 2.75) is 6.42 Å². The number of hydrogen-bond donors (Lipinski definition) is 3. The van der Waals surface area contributed by atoms with E-state index in [4.69, 9.17) is 5.11 Å². The molecule has 5 heteroatoms. The highest BCUT2D eigenvalue weighted by atomic mass is 16.4. The van der Waals surface area contributed by atoms with Gasteiger partial charge in [0.15, 0.2) is 0 Å². The van der Waals surface area contributed by atoms with Gasteiger partial charge in [-0.1, -0.05) is 0 Å². The topological polar surface area (TPSA) is 82.2 Å². The van der Waals surface area contributed by atoms with Crippen LogP contribution in [0.5, 0.6) is 0 Å².